The average molecular weight is 317 g/mol. The molecule has 0 aliphatic carbocycles. The normalized spacial score (nSPS) is 23.1. The van der Waals surface area contributed by atoms with E-state index in [-0.39, 0.29) is 22.2 Å². The Hall–Kier alpha value is -0.980. The van der Waals surface area contributed by atoms with Crippen molar-refractivity contribution < 1.29 is 13.9 Å². The van der Waals surface area contributed by atoms with Crippen LogP contribution in [0.5, 0.6) is 0 Å². The van der Waals surface area contributed by atoms with Gasteiger partial charge in [0.15, 0.2) is 0 Å². The first kappa shape index (κ1) is 13.5. The molecule has 0 saturated carbocycles. The van der Waals surface area contributed by atoms with Gasteiger partial charge in [-0.15, -0.1) is 0 Å². The number of nitrogens with one attached hydrogen (secondary N) is 2. The topological polar surface area (TPSA) is 50.4 Å². The lowest BCUT2D eigenvalue weighted by molar-refractivity contribution is 0.0777. The molecule has 1 aromatic rings. The van der Waals surface area contributed by atoms with E-state index in [9.17, 15) is 9.18 Å². The number of carbonyl (C=O) groups is 1. The van der Waals surface area contributed by atoms with Gasteiger partial charge in [-0.25, -0.2) is 4.39 Å². The SMILES string of the molecule is CO[C@H]1CNCC1NC(=O)c1cccc(Br)c1F. The second kappa shape index (κ2) is 5.77. The molecule has 0 radical (unpaired) electrons. The lowest BCUT2D eigenvalue weighted by Crippen LogP contribution is -2.43. The zero-order valence-corrected chi connectivity index (χ0v) is 11.5. The van der Waals surface area contributed by atoms with Crippen LogP contribution < -0.4 is 10.6 Å². The predicted octanol–water partition coefficient (Wildman–Crippen LogP) is 1.30. The minimum Gasteiger partial charge on any atom is -0.378 e. The van der Waals surface area contributed by atoms with Crippen molar-refractivity contribution in [2.75, 3.05) is 20.2 Å². The summed E-state index contributed by atoms with van der Waals surface area (Å²) in [6, 6.07) is 4.50. The van der Waals surface area contributed by atoms with Crippen LogP contribution in [-0.4, -0.2) is 38.3 Å². The molecule has 2 atom stereocenters. The van der Waals surface area contributed by atoms with Crippen LogP contribution in [0.15, 0.2) is 22.7 Å². The Bertz CT molecular complexity index is 456. The van der Waals surface area contributed by atoms with Crippen LogP contribution in [0.1, 0.15) is 10.4 Å². The van der Waals surface area contributed by atoms with Crippen LogP contribution in [0.3, 0.4) is 0 Å². The first-order chi connectivity index (χ1) is 8.63. The van der Waals surface area contributed by atoms with Gasteiger partial charge < -0.3 is 15.4 Å². The third-order valence-electron chi connectivity index (χ3n) is 2.97. The van der Waals surface area contributed by atoms with E-state index in [0.29, 0.717) is 13.1 Å². The van der Waals surface area contributed by atoms with Crippen molar-refractivity contribution in [1.29, 1.82) is 0 Å². The number of halogens is 2. The Balaban J connectivity index is 2.10. The molecule has 1 heterocycles. The number of amides is 1. The highest BCUT2D eigenvalue weighted by atomic mass is 79.9. The van der Waals surface area contributed by atoms with Crippen molar-refractivity contribution in [2.45, 2.75) is 12.1 Å². The lowest BCUT2D eigenvalue weighted by Gasteiger charge is -2.18. The molecule has 6 heteroatoms. The summed E-state index contributed by atoms with van der Waals surface area (Å²) >= 11 is 3.06. The van der Waals surface area contributed by atoms with E-state index in [1.165, 1.54) is 6.07 Å². The summed E-state index contributed by atoms with van der Waals surface area (Å²) in [4.78, 5) is 12.0. The first-order valence-electron chi connectivity index (χ1n) is 5.62. The molecular formula is C12H14BrFN2O2. The fraction of sp³-hybridized carbons (Fsp3) is 0.417. The number of hydrogen-bond acceptors (Lipinski definition) is 3. The second-order valence-electron chi connectivity index (χ2n) is 4.11. The molecule has 0 aromatic heterocycles. The number of methoxy groups -OCH3 is 1. The summed E-state index contributed by atoms with van der Waals surface area (Å²) in [6.45, 7) is 1.31. The van der Waals surface area contributed by atoms with Crippen molar-refractivity contribution in [2.24, 2.45) is 0 Å². The number of benzene rings is 1. The monoisotopic (exact) mass is 316 g/mol. The molecule has 2 N–H and O–H groups in total. The summed E-state index contributed by atoms with van der Waals surface area (Å²) < 4.78 is 19.3. The van der Waals surface area contributed by atoms with Crippen molar-refractivity contribution >= 4 is 21.8 Å². The van der Waals surface area contributed by atoms with Gasteiger partial charge in [0.25, 0.3) is 5.91 Å². The molecule has 1 amide bonds. The summed E-state index contributed by atoms with van der Waals surface area (Å²) in [5.74, 6) is -0.973. The van der Waals surface area contributed by atoms with E-state index < -0.39 is 11.7 Å². The van der Waals surface area contributed by atoms with Gasteiger partial charge in [-0.1, -0.05) is 6.07 Å². The largest absolute Gasteiger partial charge is 0.378 e. The van der Waals surface area contributed by atoms with Crippen molar-refractivity contribution in [1.82, 2.24) is 10.6 Å². The Morgan fingerprint density at radius 1 is 1.56 bits per heavy atom. The summed E-state index contributed by atoms with van der Waals surface area (Å²) in [5.41, 5.74) is 0.0335. The van der Waals surface area contributed by atoms with Gasteiger partial charge in [-0.3, -0.25) is 4.79 Å². The highest BCUT2D eigenvalue weighted by molar-refractivity contribution is 9.10. The second-order valence-corrected chi connectivity index (χ2v) is 4.97. The van der Waals surface area contributed by atoms with Gasteiger partial charge in [0.1, 0.15) is 5.82 Å². The highest BCUT2D eigenvalue weighted by Gasteiger charge is 2.29. The summed E-state index contributed by atoms with van der Waals surface area (Å²) in [6.07, 6.45) is -0.0795. The number of rotatable bonds is 3. The number of carbonyl (C=O) groups excluding carboxylic acids is 1. The minimum atomic E-state index is -0.546. The van der Waals surface area contributed by atoms with Crippen LogP contribution in [-0.2, 0) is 4.74 Å². The quantitative estimate of drug-likeness (QED) is 0.884. The maximum absolute atomic E-state index is 13.8. The first-order valence-corrected chi connectivity index (χ1v) is 6.41. The highest BCUT2D eigenvalue weighted by Crippen LogP contribution is 2.18. The van der Waals surface area contributed by atoms with E-state index in [1.807, 2.05) is 0 Å². The molecule has 4 nitrogen and oxygen atoms in total. The zero-order chi connectivity index (χ0) is 13.1. The molecule has 0 bridgehead atoms. The van der Waals surface area contributed by atoms with Gasteiger partial charge in [-0.2, -0.15) is 0 Å². The van der Waals surface area contributed by atoms with Crippen LogP contribution >= 0.6 is 15.9 Å². The smallest absolute Gasteiger partial charge is 0.254 e. The third-order valence-corrected chi connectivity index (χ3v) is 3.59. The zero-order valence-electron chi connectivity index (χ0n) is 9.87. The van der Waals surface area contributed by atoms with Crippen LogP contribution in [0.25, 0.3) is 0 Å². The van der Waals surface area contributed by atoms with Gasteiger partial charge >= 0.3 is 0 Å². The fourth-order valence-electron chi connectivity index (χ4n) is 1.97. The van der Waals surface area contributed by atoms with Crippen molar-refractivity contribution in [3.63, 3.8) is 0 Å². The molecular weight excluding hydrogens is 303 g/mol. The number of ether oxygens (including phenoxy) is 1. The van der Waals surface area contributed by atoms with E-state index in [4.69, 9.17) is 4.74 Å². The van der Waals surface area contributed by atoms with Gasteiger partial charge in [0.05, 0.1) is 22.2 Å². The van der Waals surface area contributed by atoms with E-state index >= 15 is 0 Å². The Kier molecular flexibility index (Phi) is 4.31. The number of hydrogen-bond donors (Lipinski definition) is 2. The van der Waals surface area contributed by atoms with Gasteiger partial charge in [0.2, 0.25) is 0 Å². The molecule has 1 aromatic carbocycles. The third kappa shape index (κ3) is 2.71. The molecule has 1 aliphatic rings. The minimum absolute atomic E-state index is 0.0335. The molecule has 1 unspecified atom stereocenters. The summed E-state index contributed by atoms with van der Waals surface area (Å²) in [7, 11) is 1.59. The molecule has 1 aliphatic heterocycles. The average Bonchev–Trinajstić information content (AvgIpc) is 2.79. The van der Waals surface area contributed by atoms with Crippen LogP contribution in [0, 0.1) is 5.82 Å². The standard InChI is InChI=1S/C12H14BrFN2O2/c1-18-10-6-15-5-9(10)16-12(17)7-3-2-4-8(13)11(7)14/h2-4,9-10,15H,5-6H2,1H3,(H,16,17)/t9?,10-/m0/s1. The molecule has 1 fully saturated rings. The predicted molar refractivity (Wildman–Crippen MR) is 69.0 cm³/mol. The van der Waals surface area contributed by atoms with E-state index in [2.05, 4.69) is 26.6 Å². The Morgan fingerprint density at radius 3 is 3.06 bits per heavy atom. The Labute approximate surface area is 113 Å². The van der Waals surface area contributed by atoms with Crippen molar-refractivity contribution in [3.05, 3.63) is 34.1 Å². The van der Waals surface area contributed by atoms with Crippen LogP contribution in [0.4, 0.5) is 4.39 Å². The van der Waals surface area contributed by atoms with Gasteiger partial charge in [0, 0.05) is 20.2 Å². The maximum Gasteiger partial charge on any atom is 0.254 e. The Morgan fingerprint density at radius 2 is 2.33 bits per heavy atom. The lowest BCUT2D eigenvalue weighted by atomic mass is 10.1. The molecule has 18 heavy (non-hydrogen) atoms. The molecule has 0 spiro atoms. The summed E-state index contributed by atoms with van der Waals surface area (Å²) in [5, 5.41) is 5.89. The maximum atomic E-state index is 13.8. The molecule has 98 valence electrons. The molecule has 2 rings (SSSR count). The fourth-order valence-corrected chi connectivity index (χ4v) is 2.34. The molecule has 1 saturated heterocycles. The van der Waals surface area contributed by atoms with Crippen LogP contribution in [0.2, 0.25) is 0 Å². The van der Waals surface area contributed by atoms with E-state index in [1.54, 1.807) is 19.2 Å². The van der Waals surface area contributed by atoms with Crippen molar-refractivity contribution in [3.8, 4) is 0 Å². The van der Waals surface area contributed by atoms with E-state index in [0.717, 1.165) is 0 Å². The van der Waals surface area contributed by atoms with Gasteiger partial charge in [-0.05, 0) is 28.1 Å².